The van der Waals surface area contributed by atoms with Crippen molar-refractivity contribution in [3.8, 4) is 0 Å². The van der Waals surface area contributed by atoms with Crippen molar-refractivity contribution in [2.24, 2.45) is 0 Å². The van der Waals surface area contributed by atoms with Gasteiger partial charge in [-0.15, -0.1) is 0 Å². The van der Waals surface area contributed by atoms with E-state index in [0.717, 1.165) is 22.3 Å². The van der Waals surface area contributed by atoms with E-state index in [1.165, 1.54) is 0 Å². The average Bonchev–Trinajstić information content (AvgIpc) is 2.84. The number of H-pyrrole nitrogens is 1. The summed E-state index contributed by atoms with van der Waals surface area (Å²) in [5.41, 5.74) is 2.98. The van der Waals surface area contributed by atoms with E-state index in [0.29, 0.717) is 11.5 Å². The van der Waals surface area contributed by atoms with Gasteiger partial charge in [-0.3, -0.25) is 15.2 Å². The third-order valence-corrected chi connectivity index (χ3v) is 2.91. The minimum atomic E-state index is -0.244. The summed E-state index contributed by atoms with van der Waals surface area (Å²) in [6.07, 6.45) is 1.71. The number of hydrogen-bond acceptors (Lipinski definition) is 4. The van der Waals surface area contributed by atoms with E-state index in [1.807, 2.05) is 26.0 Å². The Kier molecular flexibility index (Phi) is 2.90. The van der Waals surface area contributed by atoms with Gasteiger partial charge in [0, 0.05) is 22.3 Å². The van der Waals surface area contributed by atoms with Crippen LogP contribution >= 0.6 is 0 Å². The van der Waals surface area contributed by atoms with Gasteiger partial charge in [0.05, 0.1) is 11.7 Å². The molecule has 2 N–H and O–H groups in total. The Balaban J connectivity index is 1.88. The minimum absolute atomic E-state index is 0.244. The molecule has 3 rings (SSSR count). The van der Waals surface area contributed by atoms with Gasteiger partial charge in [0.15, 0.2) is 0 Å². The molecular weight excluding hydrogens is 254 g/mol. The Labute approximate surface area is 115 Å². The van der Waals surface area contributed by atoms with Gasteiger partial charge < -0.3 is 0 Å². The van der Waals surface area contributed by atoms with E-state index in [2.05, 4.69) is 25.5 Å². The van der Waals surface area contributed by atoms with Crippen molar-refractivity contribution in [3.05, 3.63) is 47.4 Å². The van der Waals surface area contributed by atoms with E-state index in [4.69, 9.17) is 0 Å². The lowest BCUT2D eigenvalue weighted by atomic mass is 10.1. The van der Waals surface area contributed by atoms with Crippen LogP contribution in [-0.4, -0.2) is 26.1 Å². The second-order valence-corrected chi connectivity index (χ2v) is 4.60. The number of benzene rings is 1. The Hall–Kier alpha value is -2.76. The summed E-state index contributed by atoms with van der Waals surface area (Å²) >= 11 is 0. The maximum atomic E-state index is 12.2. The molecule has 2 aromatic heterocycles. The zero-order chi connectivity index (χ0) is 14.1. The number of fused-ring (bicyclic) bond motifs is 1. The quantitative estimate of drug-likeness (QED) is 0.745. The molecule has 0 aliphatic carbocycles. The van der Waals surface area contributed by atoms with Crippen LogP contribution in [0.4, 0.5) is 5.95 Å². The molecule has 0 spiro atoms. The van der Waals surface area contributed by atoms with Crippen LogP contribution in [0.1, 0.15) is 21.7 Å². The van der Waals surface area contributed by atoms with Gasteiger partial charge in [-0.25, -0.2) is 9.97 Å². The fraction of sp³-hybridized carbons (Fsp3) is 0.143. The molecule has 2 heterocycles. The van der Waals surface area contributed by atoms with E-state index in [9.17, 15) is 4.79 Å². The summed E-state index contributed by atoms with van der Waals surface area (Å²) < 4.78 is 0. The Morgan fingerprint density at radius 2 is 1.90 bits per heavy atom. The number of aryl methyl sites for hydroxylation is 2. The van der Waals surface area contributed by atoms with Crippen molar-refractivity contribution >= 4 is 22.8 Å². The molecule has 0 aliphatic heterocycles. The number of nitrogens with one attached hydrogen (secondary N) is 2. The van der Waals surface area contributed by atoms with Crippen LogP contribution in [-0.2, 0) is 0 Å². The van der Waals surface area contributed by atoms with Gasteiger partial charge >= 0.3 is 0 Å². The summed E-state index contributed by atoms with van der Waals surface area (Å²) in [5.74, 6) is 0.0729. The summed E-state index contributed by atoms with van der Waals surface area (Å²) in [4.78, 5) is 20.6. The van der Waals surface area contributed by atoms with Crippen molar-refractivity contribution in [1.82, 2.24) is 20.2 Å². The number of aromatic nitrogens is 4. The predicted molar refractivity (Wildman–Crippen MR) is 75.6 cm³/mol. The van der Waals surface area contributed by atoms with Gasteiger partial charge in [-0.2, -0.15) is 5.10 Å². The van der Waals surface area contributed by atoms with Gasteiger partial charge in [0.25, 0.3) is 5.91 Å². The average molecular weight is 267 g/mol. The molecule has 3 aromatic rings. The van der Waals surface area contributed by atoms with Gasteiger partial charge in [0.2, 0.25) is 5.95 Å². The molecule has 1 amide bonds. The summed E-state index contributed by atoms with van der Waals surface area (Å²) in [5, 5.41) is 10.4. The Morgan fingerprint density at radius 1 is 1.15 bits per heavy atom. The lowest BCUT2D eigenvalue weighted by molar-refractivity contribution is 0.102. The van der Waals surface area contributed by atoms with Crippen molar-refractivity contribution in [2.75, 3.05) is 5.32 Å². The van der Waals surface area contributed by atoms with Gasteiger partial charge in [0.1, 0.15) is 0 Å². The molecule has 0 fully saturated rings. The molecule has 1 aromatic carbocycles. The molecule has 0 saturated carbocycles. The molecule has 6 heteroatoms. The minimum Gasteiger partial charge on any atom is -0.290 e. The standard InChI is InChI=1S/C14H13N5O/c1-8-5-9(2)17-14(16-8)18-13(20)10-3-4-11-7-15-19-12(11)6-10/h3-7H,1-2H3,(H,15,19)(H,16,17,18,20). The van der Waals surface area contributed by atoms with Crippen molar-refractivity contribution < 1.29 is 4.79 Å². The SMILES string of the molecule is Cc1cc(C)nc(NC(=O)c2ccc3cn[nH]c3c2)n1. The first-order valence-electron chi connectivity index (χ1n) is 6.18. The number of hydrogen-bond donors (Lipinski definition) is 2. The first-order chi connectivity index (χ1) is 9.61. The molecule has 0 radical (unpaired) electrons. The van der Waals surface area contributed by atoms with Crippen LogP contribution in [0.2, 0.25) is 0 Å². The predicted octanol–water partition coefficient (Wildman–Crippen LogP) is 2.22. The molecule has 0 bridgehead atoms. The summed E-state index contributed by atoms with van der Waals surface area (Å²) in [6.45, 7) is 3.72. The number of nitrogens with zero attached hydrogens (tertiary/aromatic N) is 3. The molecule has 6 nitrogen and oxygen atoms in total. The Morgan fingerprint density at radius 3 is 2.65 bits per heavy atom. The third kappa shape index (κ3) is 2.35. The highest BCUT2D eigenvalue weighted by Gasteiger charge is 2.09. The highest BCUT2D eigenvalue weighted by atomic mass is 16.1. The lowest BCUT2D eigenvalue weighted by Gasteiger charge is -2.05. The Bertz CT molecular complexity index is 773. The smallest absolute Gasteiger partial charge is 0.258 e. The largest absolute Gasteiger partial charge is 0.290 e. The second-order valence-electron chi connectivity index (χ2n) is 4.60. The van der Waals surface area contributed by atoms with E-state index >= 15 is 0 Å². The first-order valence-corrected chi connectivity index (χ1v) is 6.18. The number of rotatable bonds is 2. The highest BCUT2D eigenvalue weighted by Crippen LogP contribution is 2.14. The molecule has 100 valence electrons. The zero-order valence-corrected chi connectivity index (χ0v) is 11.1. The summed E-state index contributed by atoms with van der Waals surface area (Å²) in [6, 6.07) is 7.19. The van der Waals surface area contributed by atoms with Crippen molar-refractivity contribution in [1.29, 1.82) is 0 Å². The molecular formula is C14H13N5O. The molecule has 20 heavy (non-hydrogen) atoms. The highest BCUT2D eigenvalue weighted by molar-refractivity contribution is 6.05. The van der Waals surface area contributed by atoms with E-state index < -0.39 is 0 Å². The normalized spacial score (nSPS) is 10.7. The van der Waals surface area contributed by atoms with Crippen molar-refractivity contribution in [2.45, 2.75) is 13.8 Å². The van der Waals surface area contributed by atoms with Crippen LogP contribution in [0.3, 0.4) is 0 Å². The number of aromatic amines is 1. The number of amides is 1. The monoisotopic (exact) mass is 267 g/mol. The number of carbonyl (C=O) groups is 1. The lowest BCUT2D eigenvalue weighted by Crippen LogP contribution is -2.14. The van der Waals surface area contributed by atoms with Crippen LogP contribution in [0.15, 0.2) is 30.5 Å². The maximum absolute atomic E-state index is 12.2. The maximum Gasteiger partial charge on any atom is 0.258 e. The number of anilines is 1. The first kappa shape index (κ1) is 12.3. The van der Waals surface area contributed by atoms with Crippen LogP contribution in [0.5, 0.6) is 0 Å². The second kappa shape index (κ2) is 4.73. The fourth-order valence-electron chi connectivity index (χ4n) is 2.03. The van der Waals surface area contributed by atoms with Crippen LogP contribution in [0, 0.1) is 13.8 Å². The van der Waals surface area contributed by atoms with Crippen LogP contribution < -0.4 is 5.32 Å². The van der Waals surface area contributed by atoms with Gasteiger partial charge in [-0.1, -0.05) is 6.07 Å². The topological polar surface area (TPSA) is 83.6 Å². The zero-order valence-electron chi connectivity index (χ0n) is 11.1. The molecule has 0 aliphatic rings. The summed E-state index contributed by atoms with van der Waals surface area (Å²) in [7, 11) is 0. The molecule has 0 atom stereocenters. The van der Waals surface area contributed by atoms with Crippen molar-refractivity contribution in [3.63, 3.8) is 0 Å². The van der Waals surface area contributed by atoms with Crippen LogP contribution in [0.25, 0.3) is 10.9 Å². The molecule has 0 unspecified atom stereocenters. The van der Waals surface area contributed by atoms with Gasteiger partial charge in [-0.05, 0) is 32.0 Å². The fourth-order valence-corrected chi connectivity index (χ4v) is 2.03. The van der Waals surface area contributed by atoms with E-state index in [1.54, 1.807) is 18.3 Å². The molecule has 0 saturated heterocycles. The third-order valence-electron chi connectivity index (χ3n) is 2.91. The number of carbonyl (C=O) groups excluding carboxylic acids is 1. The van der Waals surface area contributed by atoms with E-state index in [-0.39, 0.29) is 5.91 Å².